The van der Waals surface area contributed by atoms with Crippen LogP contribution in [-0.4, -0.2) is 273 Å². The summed E-state index contributed by atoms with van der Waals surface area (Å²) >= 11 is 0. The molecule has 1 amide bonds. The fraction of sp³-hybridized carbons (Fsp3) is 0.893. The van der Waals surface area contributed by atoms with Crippen LogP contribution in [0, 0.1) is 0 Å². The van der Waals surface area contributed by atoms with Gasteiger partial charge >= 0.3 is 63.8 Å². The second-order valence-electron chi connectivity index (χ2n) is 15.2. The van der Waals surface area contributed by atoms with Crippen LogP contribution in [-0.2, 0) is 116 Å². The molecule has 4 fully saturated rings. The van der Waals surface area contributed by atoms with E-state index >= 15 is 0 Å². The van der Waals surface area contributed by atoms with Gasteiger partial charge in [0.15, 0.2) is 49.6 Å². The molecule has 74 heavy (non-hydrogen) atoms. The maximum atomic E-state index is 12.7. The normalized spacial score (nSPS) is 37.5. The van der Waals surface area contributed by atoms with Gasteiger partial charge in [-0.2, -0.15) is 46.8 Å². The van der Waals surface area contributed by atoms with Crippen molar-refractivity contribution in [3.63, 3.8) is 0 Å². The van der Waals surface area contributed by atoms with Crippen LogP contribution < -0.4 is 21.5 Å². The number of nitrogens with two attached hydrogens (primary N) is 2. The second-order valence-corrected chi connectivity index (χ2v) is 20.6. The monoisotopic (exact) mass is 1190 g/mol. The number of hydrogen-bond acceptors (Lipinski definition) is 32. The zero-order chi connectivity index (χ0) is 56.8. The minimum atomic E-state index is -6.09. The van der Waals surface area contributed by atoms with Crippen LogP contribution in [0.15, 0.2) is 0 Å². The predicted molar refractivity (Wildman–Crippen MR) is 219 cm³/mol. The molecule has 4 saturated heterocycles. The Labute approximate surface area is 416 Å². The molecular formula is C28H50N4O37S5. The molecule has 434 valence electrons. The lowest BCUT2D eigenvalue weighted by atomic mass is 9.94. The van der Waals surface area contributed by atoms with E-state index in [-0.39, 0.29) is 0 Å². The molecule has 0 aliphatic carbocycles. The molecule has 0 saturated carbocycles. The maximum Gasteiger partial charge on any atom is 0.397 e. The molecule has 0 bridgehead atoms. The van der Waals surface area contributed by atoms with Gasteiger partial charge < -0.3 is 90.8 Å². The number of nitrogens with one attached hydrogen (secondary N) is 2. The molecule has 0 aromatic rings. The fourth-order valence-electron chi connectivity index (χ4n) is 7.05. The predicted octanol–water partition coefficient (Wildman–Crippen LogP) is -11.8. The highest BCUT2D eigenvalue weighted by Crippen LogP contribution is 2.37. The molecule has 4 rings (SSSR count). The Morgan fingerprint density at radius 2 is 0.986 bits per heavy atom. The number of carbonyl (C=O) groups is 3. The minimum absolute atomic E-state index is 0.597. The average molecular weight is 1200 g/mol. The zero-order valence-corrected chi connectivity index (χ0v) is 40.8. The third-order valence-electron chi connectivity index (χ3n) is 9.85. The summed E-state index contributed by atoms with van der Waals surface area (Å²) in [6.07, 6.45) is -49.1. The number of carbonyl (C=O) groups excluding carboxylic acids is 1. The van der Waals surface area contributed by atoms with Crippen molar-refractivity contribution >= 4 is 69.7 Å². The number of aliphatic carboxylic acids is 2. The van der Waals surface area contributed by atoms with E-state index in [0.29, 0.717) is 13.1 Å². The molecule has 0 spiro atoms. The molecule has 41 nitrogen and oxygen atoms in total. The number of aliphatic hydroxyl groups excluding tert-OH is 6. The summed E-state index contributed by atoms with van der Waals surface area (Å²) in [4.78, 5) is 36.4. The van der Waals surface area contributed by atoms with Crippen molar-refractivity contribution in [2.75, 3.05) is 26.3 Å². The molecule has 4 aliphatic heterocycles. The van der Waals surface area contributed by atoms with E-state index in [2.05, 4.69) is 16.7 Å². The Bertz CT molecular complexity index is 2490. The summed E-state index contributed by atoms with van der Waals surface area (Å²) in [5.74, 6) is -5.49. The van der Waals surface area contributed by atoms with Gasteiger partial charge in [-0.15, -0.1) is 0 Å². The first-order chi connectivity index (χ1) is 33.7. The van der Waals surface area contributed by atoms with E-state index in [1.165, 1.54) is 4.72 Å². The van der Waals surface area contributed by atoms with Crippen molar-refractivity contribution < 1.29 is 170 Å². The first kappa shape index (κ1) is 65.4. The van der Waals surface area contributed by atoms with Crippen LogP contribution in [0.2, 0.25) is 0 Å². The average Bonchev–Trinajstić information content (AvgIpc) is 3.23. The van der Waals surface area contributed by atoms with Gasteiger partial charge in [0.2, 0.25) is 5.91 Å². The topological polar surface area (TPSA) is 663 Å². The Morgan fingerprint density at radius 3 is 1.42 bits per heavy atom. The number of hydrogen-bond donors (Lipinski definition) is 17. The van der Waals surface area contributed by atoms with Crippen molar-refractivity contribution in [2.45, 2.75) is 130 Å². The van der Waals surface area contributed by atoms with E-state index in [9.17, 15) is 116 Å². The van der Waals surface area contributed by atoms with Crippen molar-refractivity contribution in [1.82, 2.24) is 10.0 Å². The van der Waals surface area contributed by atoms with Crippen LogP contribution >= 0.6 is 0 Å². The van der Waals surface area contributed by atoms with Crippen molar-refractivity contribution in [3.8, 4) is 0 Å². The Kier molecular flexibility index (Phi) is 23.2. The smallest absolute Gasteiger partial charge is 0.397 e. The highest BCUT2D eigenvalue weighted by Gasteiger charge is 2.60. The second kappa shape index (κ2) is 26.2. The van der Waals surface area contributed by atoms with Gasteiger partial charge in [-0.05, 0) is 0 Å². The Morgan fingerprint density at radius 1 is 0.527 bits per heavy atom. The molecule has 0 aromatic carbocycles. The van der Waals surface area contributed by atoms with Crippen molar-refractivity contribution in [3.05, 3.63) is 0 Å². The van der Waals surface area contributed by atoms with Gasteiger partial charge in [0.1, 0.15) is 73.1 Å². The number of carboxylic acid groups (broad SMARTS) is 2. The van der Waals surface area contributed by atoms with E-state index in [4.69, 9.17) is 49.2 Å². The summed E-state index contributed by atoms with van der Waals surface area (Å²) in [5.41, 5.74) is 9.81. The van der Waals surface area contributed by atoms with Crippen LogP contribution in [0.1, 0.15) is 6.92 Å². The Balaban J connectivity index is 0.00000348. The van der Waals surface area contributed by atoms with Gasteiger partial charge in [-0.25, -0.2) is 26.3 Å². The summed E-state index contributed by atoms with van der Waals surface area (Å²) in [6.45, 7) is -1.05. The van der Waals surface area contributed by atoms with E-state index < -0.39 is 206 Å². The van der Waals surface area contributed by atoms with Crippen LogP contribution in [0.3, 0.4) is 0 Å². The first-order valence-corrected chi connectivity index (χ1v) is 26.7. The molecule has 46 heteroatoms. The lowest BCUT2D eigenvalue weighted by molar-refractivity contribution is -0.366. The molecule has 0 aromatic heterocycles. The first-order valence-electron chi connectivity index (χ1n) is 19.8. The SMILES string of the molecule is CC(=O)N[C@@H]1[C@@H](O)[C@H](O[C@@H]2O[C@H](C(=O)O)[C@@H](O[C@@H]3O[C@H](CO)[C@@H](O[C@H]4O[C@@H](C(=O)O)[C@H](O)[C@@H](O)[C@@H]4OS(=O)(=O)O)[C@H](OS(=O)(=O)O)[C@H]3NS(=O)(=O)O)[C@H](O)[C@H]2OS(=O)(=O)O)[C@H](COS(=O)(=O)O)O[C@H]1O.NCCN. The lowest BCUT2D eigenvalue weighted by Gasteiger charge is -2.50. The van der Waals surface area contributed by atoms with Crippen molar-refractivity contribution in [2.24, 2.45) is 11.5 Å². The van der Waals surface area contributed by atoms with Gasteiger partial charge in [0.05, 0.1) is 13.2 Å². The summed E-state index contributed by atoms with van der Waals surface area (Å²) < 4.78 is 222. The summed E-state index contributed by atoms with van der Waals surface area (Å²) in [5, 5.41) is 86.0. The van der Waals surface area contributed by atoms with E-state index in [1.807, 2.05) is 5.32 Å². The van der Waals surface area contributed by atoms with E-state index in [0.717, 1.165) is 6.92 Å². The third kappa shape index (κ3) is 19.0. The minimum Gasteiger partial charge on any atom is -0.479 e. The highest BCUT2D eigenvalue weighted by molar-refractivity contribution is 7.83. The van der Waals surface area contributed by atoms with Crippen LogP contribution in [0.25, 0.3) is 0 Å². The lowest BCUT2D eigenvalue weighted by Crippen LogP contribution is -2.71. The van der Waals surface area contributed by atoms with Gasteiger partial charge in [-0.1, -0.05) is 0 Å². The van der Waals surface area contributed by atoms with Gasteiger partial charge in [0, 0.05) is 20.0 Å². The standard InChI is InChI=1S/C26H42N2O37S5.C2H8N2/c1-4(30)27-7-9(31)13(6(56-23(7)39)3-55-67(43,44)45)58-26-19(65-70(52,53)54)12(34)16(20(62-26)22(37)38)60-24-8(28-66(40,41)42)15(63-68(46,47)48)14(5(2-29)57-24)59-25-18(64-69(49,50)51)11(33)10(32)17(61-25)21(35)36;3-1-2-4/h5-20,23-26,28-29,31-34,39H,2-3H2,1H3,(H,27,30)(H,35,36)(H,37,38)(H,40,41,42)(H,43,44,45)(H,46,47,48)(H,49,50,51)(H,52,53,54);1-4H2/t5-,6+,7-,8-,9-,10-,11-,12+,13-,14-,15-,16+,17-,18+,19-,20+,23-,24+,25+,26-;/m1./s1. The van der Waals surface area contributed by atoms with Gasteiger partial charge in [-0.3, -0.25) is 27.6 Å². The molecule has 20 atom stereocenters. The zero-order valence-electron chi connectivity index (χ0n) is 36.7. The molecule has 0 unspecified atom stereocenters. The molecule has 4 aliphatic rings. The summed E-state index contributed by atoms with van der Waals surface area (Å²) in [6, 6.07) is -4.96. The van der Waals surface area contributed by atoms with Crippen molar-refractivity contribution in [1.29, 1.82) is 0 Å². The summed E-state index contributed by atoms with van der Waals surface area (Å²) in [7, 11) is -29.1. The number of amides is 1. The number of ether oxygens (including phenoxy) is 7. The molecule has 19 N–H and O–H groups in total. The quantitative estimate of drug-likeness (QED) is 0.0448. The number of rotatable bonds is 22. The highest BCUT2D eigenvalue weighted by atomic mass is 32.3. The van der Waals surface area contributed by atoms with Crippen LogP contribution in [0.5, 0.6) is 0 Å². The third-order valence-corrected chi connectivity index (χ3v) is 12.2. The largest absolute Gasteiger partial charge is 0.479 e. The molecular weight excluding hydrogens is 1140 g/mol. The van der Waals surface area contributed by atoms with E-state index in [1.54, 1.807) is 0 Å². The van der Waals surface area contributed by atoms with Crippen LogP contribution in [0.4, 0.5) is 0 Å². The Hall–Kier alpha value is -2.84. The molecule has 4 heterocycles. The van der Waals surface area contributed by atoms with Gasteiger partial charge in [0.25, 0.3) is 0 Å². The molecule has 0 radical (unpaired) electrons. The number of carboxylic acids is 2. The fourth-order valence-corrected chi connectivity index (χ4v) is 9.43. The maximum absolute atomic E-state index is 12.7. The number of aliphatic hydroxyl groups is 6.